The number of rotatable bonds is 5. The number of halogens is 4. The fourth-order valence-corrected chi connectivity index (χ4v) is 4.99. The molecule has 0 spiro atoms. The summed E-state index contributed by atoms with van der Waals surface area (Å²) in [6.07, 6.45) is 7.86. The van der Waals surface area contributed by atoms with Crippen LogP contribution in [0.2, 0.25) is 0 Å². The average molecular weight is 436 g/mol. The smallest absolute Gasteiger partial charge is 0.201 e. The molecular weight excluding hydrogens is 408 g/mol. The van der Waals surface area contributed by atoms with Crippen LogP contribution >= 0.6 is 0 Å². The second kappa shape index (κ2) is 9.60. The van der Waals surface area contributed by atoms with E-state index < -0.39 is 23.3 Å². The van der Waals surface area contributed by atoms with E-state index in [-0.39, 0.29) is 41.1 Å². The summed E-state index contributed by atoms with van der Waals surface area (Å²) in [4.78, 5) is 0. The third-order valence-electron chi connectivity index (χ3n) is 6.68. The predicted molar refractivity (Wildman–Crippen MR) is 111 cm³/mol. The molecular formula is C25H28F4O2. The standard InChI is InChI=1S/C25H28F4O2/c1-2-30-21-13-11-19(24(28)25(21)29)18-10-9-17(22(26)23(18)27)16-8-12-20(31-14-16)15-6-4-3-5-7-15/h9-11,13,15-16,20H,2-8,12,14H2,1H3. The van der Waals surface area contributed by atoms with E-state index >= 15 is 0 Å². The van der Waals surface area contributed by atoms with Gasteiger partial charge in [-0.2, -0.15) is 4.39 Å². The summed E-state index contributed by atoms with van der Waals surface area (Å²) in [7, 11) is 0. The maximum Gasteiger partial charge on any atom is 0.201 e. The van der Waals surface area contributed by atoms with Gasteiger partial charge in [0, 0.05) is 17.0 Å². The molecule has 2 nitrogen and oxygen atoms in total. The maximum atomic E-state index is 14.9. The molecule has 2 atom stereocenters. The predicted octanol–water partition coefficient (Wildman–Crippen LogP) is 7.15. The van der Waals surface area contributed by atoms with Crippen LogP contribution in [0.25, 0.3) is 11.1 Å². The van der Waals surface area contributed by atoms with E-state index in [0.717, 1.165) is 12.8 Å². The van der Waals surface area contributed by atoms with Gasteiger partial charge in [-0.15, -0.1) is 0 Å². The highest BCUT2D eigenvalue weighted by molar-refractivity contribution is 5.66. The van der Waals surface area contributed by atoms with Crippen LogP contribution < -0.4 is 4.74 Å². The summed E-state index contributed by atoms with van der Waals surface area (Å²) in [5.74, 6) is -4.59. The molecule has 1 aliphatic carbocycles. The molecule has 0 radical (unpaired) electrons. The van der Waals surface area contributed by atoms with Gasteiger partial charge in [0.25, 0.3) is 0 Å². The molecule has 2 fully saturated rings. The Balaban J connectivity index is 1.53. The van der Waals surface area contributed by atoms with E-state index in [1.807, 2.05) is 0 Å². The van der Waals surface area contributed by atoms with Gasteiger partial charge in [0.2, 0.25) is 5.82 Å². The Morgan fingerprint density at radius 3 is 2.13 bits per heavy atom. The summed E-state index contributed by atoms with van der Waals surface area (Å²) in [5.41, 5.74) is -0.408. The average Bonchev–Trinajstić information content (AvgIpc) is 2.80. The van der Waals surface area contributed by atoms with Crippen molar-refractivity contribution in [1.82, 2.24) is 0 Å². The molecule has 168 valence electrons. The highest BCUT2D eigenvalue weighted by Gasteiger charge is 2.32. The van der Waals surface area contributed by atoms with E-state index in [4.69, 9.17) is 9.47 Å². The largest absolute Gasteiger partial charge is 0.491 e. The quantitative estimate of drug-likeness (QED) is 0.463. The summed E-state index contributed by atoms with van der Waals surface area (Å²) < 4.78 is 69.6. The fourth-order valence-electron chi connectivity index (χ4n) is 4.99. The number of benzene rings is 2. The van der Waals surface area contributed by atoms with Gasteiger partial charge in [-0.25, -0.2) is 13.2 Å². The third kappa shape index (κ3) is 4.45. The van der Waals surface area contributed by atoms with Gasteiger partial charge in [-0.1, -0.05) is 31.4 Å². The summed E-state index contributed by atoms with van der Waals surface area (Å²) in [6.45, 7) is 2.16. The molecule has 2 aliphatic rings. The van der Waals surface area contributed by atoms with Gasteiger partial charge >= 0.3 is 0 Å². The van der Waals surface area contributed by atoms with Gasteiger partial charge in [-0.3, -0.25) is 0 Å². The lowest BCUT2D eigenvalue weighted by molar-refractivity contribution is -0.0403. The second-order valence-electron chi connectivity index (χ2n) is 8.55. The first-order valence-electron chi connectivity index (χ1n) is 11.2. The number of ether oxygens (including phenoxy) is 2. The molecule has 1 aliphatic heterocycles. The Morgan fingerprint density at radius 1 is 0.806 bits per heavy atom. The lowest BCUT2D eigenvalue weighted by Crippen LogP contribution is -2.32. The Morgan fingerprint density at radius 2 is 1.48 bits per heavy atom. The topological polar surface area (TPSA) is 18.5 Å². The van der Waals surface area contributed by atoms with E-state index in [1.165, 1.54) is 56.4 Å². The minimum Gasteiger partial charge on any atom is -0.491 e. The molecule has 2 aromatic rings. The lowest BCUT2D eigenvalue weighted by Gasteiger charge is -2.36. The Hall–Kier alpha value is -2.08. The van der Waals surface area contributed by atoms with Crippen LogP contribution in [0.3, 0.4) is 0 Å². The van der Waals surface area contributed by atoms with Gasteiger partial charge in [0.1, 0.15) is 0 Å². The molecule has 1 heterocycles. The van der Waals surface area contributed by atoms with Crippen LogP contribution in [0, 0.1) is 29.2 Å². The normalized spacial score (nSPS) is 22.5. The van der Waals surface area contributed by atoms with Crippen LogP contribution in [-0.4, -0.2) is 19.3 Å². The van der Waals surface area contributed by atoms with Crippen molar-refractivity contribution in [3.8, 4) is 16.9 Å². The molecule has 1 saturated heterocycles. The van der Waals surface area contributed by atoms with E-state index in [9.17, 15) is 17.6 Å². The molecule has 2 unspecified atom stereocenters. The molecule has 4 rings (SSSR count). The van der Waals surface area contributed by atoms with Gasteiger partial charge in [-0.05, 0) is 56.2 Å². The van der Waals surface area contributed by atoms with Crippen molar-refractivity contribution in [3.05, 3.63) is 53.1 Å². The Bertz CT molecular complexity index is 916. The van der Waals surface area contributed by atoms with E-state index in [0.29, 0.717) is 12.5 Å². The first kappa shape index (κ1) is 22.1. The molecule has 1 saturated carbocycles. The van der Waals surface area contributed by atoms with E-state index in [1.54, 1.807) is 6.92 Å². The third-order valence-corrected chi connectivity index (χ3v) is 6.68. The Kier molecular flexibility index (Phi) is 6.85. The molecule has 0 aromatic heterocycles. The van der Waals surface area contributed by atoms with Gasteiger partial charge in [0.05, 0.1) is 19.3 Å². The highest BCUT2D eigenvalue weighted by atomic mass is 19.2. The van der Waals surface area contributed by atoms with Crippen molar-refractivity contribution in [1.29, 1.82) is 0 Å². The van der Waals surface area contributed by atoms with Crippen LogP contribution in [0.1, 0.15) is 63.4 Å². The van der Waals surface area contributed by atoms with Crippen LogP contribution in [0.5, 0.6) is 5.75 Å². The van der Waals surface area contributed by atoms with Crippen LogP contribution in [0.15, 0.2) is 24.3 Å². The molecule has 6 heteroatoms. The summed E-state index contributed by atoms with van der Waals surface area (Å²) in [5, 5.41) is 0. The Labute approximate surface area is 180 Å². The van der Waals surface area contributed by atoms with Crippen molar-refractivity contribution < 1.29 is 27.0 Å². The number of hydrogen-bond donors (Lipinski definition) is 0. The summed E-state index contributed by atoms with van der Waals surface area (Å²) in [6, 6.07) is 5.22. The maximum absolute atomic E-state index is 14.9. The van der Waals surface area contributed by atoms with Crippen LogP contribution in [0.4, 0.5) is 17.6 Å². The zero-order valence-electron chi connectivity index (χ0n) is 17.7. The SMILES string of the molecule is CCOc1ccc(-c2ccc(C3CCC(C4CCCCC4)OC3)c(F)c2F)c(F)c1F. The lowest BCUT2D eigenvalue weighted by atomic mass is 9.80. The molecule has 0 amide bonds. The van der Waals surface area contributed by atoms with Crippen molar-refractivity contribution in [2.24, 2.45) is 5.92 Å². The minimum absolute atomic E-state index is 0.165. The van der Waals surface area contributed by atoms with Gasteiger partial charge in [0.15, 0.2) is 23.2 Å². The zero-order valence-corrected chi connectivity index (χ0v) is 17.7. The summed E-state index contributed by atoms with van der Waals surface area (Å²) >= 11 is 0. The number of hydrogen-bond acceptors (Lipinski definition) is 2. The van der Waals surface area contributed by atoms with Crippen molar-refractivity contribution in [2.75, 3.05) is 13.2 Å². The minimum atomic E-state index is -1.26. The molecule has 0 bridgehead atoms. The highest BCUT2D eigenvalue weighted by Crippen LogP contribution is 2.39. The first-order valence-corrected chi connectivity index (χ1v) is 11.2. The van der Waals surface area contributed by atoms with Crippen LogP contribution in [-0.2, 0) is 4.74 Å². The van der Waals surface area contributed by atoms with Crippen molar-refractivity contribution in [2.45, 2.75) is 63.9 Å². The second-order valence-corrected chi connectivity index (χ2v) is 8.55. The molecule has 0 N–H and O–H groups in total. The first-order chi connectivity index (χ1) is 15.0. The zero-order chi connectivity index (χ0) is 22.0. The van der Waals surface area contributed by atoms with Crippen molar-refractivity contribution in [3.63, 3.8) is 0 Å². The molecule has 31 heavy (non-hydrogen) atoms. The van der Waals surface area contributed by atoms with Crippen molar-refractivity contribution >= 4 is 0 Å². The van der Waals surface area contributed by atoms with E-state index in [2.05, 4.69) is 0 Å². The monoisotopic (exact) mass is 436 g/mol. The van der Waals surface area contributed by atoms with Gasteiger partial charge < -0.3 is 9.47 Å². The fraction of sp³-hybridized carbons (Fsp3) is 0.520. The molecule has 2 aromatic carbocycles.